The van der Waals surface area contributed by atoms with Crippen molar-refractivity contribution in [2.75, 3.05) is 6.54 Å². The third-order valence-corrected chi connectivity index (χ3v) is 4.06. The van der Waals surface area contributed by atoms with Crippen LogP contribution in [-0.2, 0) is 0 Å². The summed E-state index contributed by atoms with van der Waals surface area (Å²) in [6.07, 6.45) is 14.1. The molecule has 1 nitrogen and oxygen atoms in total. The van der Waals surface area contributed by atoms with Crippen molar-refractivity contribution in [1.82, 2.24) is 5.32 Å². The second-order valence-corrected chi connectivity index (χ2v) is 7.25. The van der Waals surface area contributed by atoms with Crippen molar-refractivity contribution in [3.05, 3.63) is 0 Å². The molecule has 0 saturated heterocycles. The van der Waals surface area contributed by atoms with E-state index in [2.05, 4.69) is 39.9 Å². The van der Waals surface area contributed by atoms with Crippen molar-refractivity contribution >= 4 is 0 Å². The molecule has 0 aliphatic rings. The van der Waals surface area contributed by atoms with Crippen LogP contribution in [0.25, 0.3) is 0 Å². The molecular formula is C18H39N. The highest BCUT2D eigenvalue weighted by atomic mass is 14.9. The predicted molar refractivity (Wildman–Crippen MR) is 88.8 cm³/mol. The summed E-state index contributed by atoms with van der Waals surface area (Å²) in [5.74, 6) is 0. The fourth-order valence-corrected chi connectivity index (χ4v) is 2.56. The Morgan fingerprint density at radius 2 is 1.32 bits per heavy atom. The van der Waals surface area contributed by atoms with E-state index < -0.39 is 0 Å². The Hall–Kier alpha value is -0.0400. The van der Waals surface area contributed by atoms with Crippen LogP contribution in [0.2, 0.25) is 0 Å². The summed E-state index contributed by atoms with van der Waals surface area (Å²) in [5.41, 5.74) is 0.518. The van der Waals surface area contributed by atoms with Gasteiger partial charge in [0.15, 0.2) is 0 Å². The van der Waals surface area contributed by atoms with E-state index in [0.29, 0.717) is 11.5 Å². The molecule has 0 rings (SSSR count). The van der Waals surface area contributed by atoms with Gasteiger partial charge in [0.1, 0.15) is 0 Å². The third kappa shape index (κ3) is 14.2. The fraction of sp³-hybridized carbons (Fsp3) is 1.00. The molecule has 116 valence electrons. The van der Waals surface area contributed by atoms with Crippen molar-refractivity contribution < 1.29 is 0 Å². The van der Waals surface area contributed by atoms with Gasteiger partial charge in [0.05, 0.1) is 0 Å². The summed E-state index contributed by atoms with van der Waals surface area (Å²) in [5, 5.41) is 3.53. The Morgan fingerprint density at radius 1 is 0.789 bits per heavy atom. The highest BCUT2D eigenvalue weighted by Crippen LogP contribution is 2.27. The van der Waals surface area contributed by atoms with E-state index in [1.54, 1.807) is 0 Å². The van der Waals surface area contributed by atoms with Gasteiger partial charge in [-0.2, -0.15) is 0 Å². The first-order valence-electron chi connectivity index (χ1n) is 8.71. The second kappa shape index (κ2) is 11.8. The maximum absolute atomic E-state index is 3.53. The van der Waals surface area contributed by atoms with E-state index in [1.807, 2.05) is 0 Å². The van der Waals surface area contributed by atoms with E-state index >= 15 is 0 Å². The summed E-state index contributed by atoms with van der Waals surface area (Å²) in [7, 11) is 0. The van der Waals surface area contributed by atoms with Crippen LogP contribution in [0.3, 0.4) is 0 Å². The van der Waals surface area contributed by atoms with Crippen LogP contribution in [0.5, 0.6) is 0 Å². The Balaban J connectivity index is 3.37. The monoisotopic (exact) mass is 269 g/mol. The van der Waals surface area contributed by atoms with E-state index in [0.717, 1.165) is 0 Å². The molecule has 0 fully saturated rings. The lowest BCUT2D eigenvalue weighted by Crippen LogP contribution is -2.27. The molecule has 0 heterocycles. The van der Waals surface area contributed by atoms with Crippen molar-refractivity contribution in [3.63, 3.8) is 0 Å². The SMILES string of the molecule is CCCCCCCCCCC(C)(C)CCNC(C)C. The molecule has 0 aliphatic heterocycles. The van der Waals surface area contributed by atoms with Gasteiger partial charge >= 0.3 is 0 Å². The number of hydrogen-bond acceptors (Lipinski definition) is 1. The van der Waals surface area contributed by atoms with E-state index in [-0.39, 0.29) is 0 Å². The zero-order valence-electron chi connectivity index (χ0n) is 14.4. The summed E-state index contributed by atoms with van der Waals surface area (Å²) in [6, 6.07) is 0.624. The molecule has 1 N–H and O–H groups in total. The molecule has 0 aromatic carbocycles. The van der Waals surface area contributed by atoms with Gasteiger partial charge in [-0.05, 0) is 24.8 Å². The van der Waals surface area contributed by atoms with E-state index in [1.165, 1.54) is 70.8 Å². The first kappa shape index (κ1) is 19.0. The molecule has 0 aromatic rings. The lowest BCUT2D eigenvalue weighted by atomic mass is 9.83. The first-order valence-corrected chi connectivity index (χ1v) is 8.71. The Kier molecular flexibility index (Phi) is 11.7. The zero-order chi connectivity index (χ0) is 14.6. The average molecular weight is 270 g/mol. The van der Waals surface area contributed by atoms with Gasteiger partial charge in [0.25, 0.3) is 0 Å². The second-order valence-electron chi connectivity index (χ2n) is 7.25. The normalized spacial score (nSPS) is 12.3. The fourth-order valence-electron chi connectivity index (χ4n) is 2.56. The van der Waals surface area contributed by atoms with Crippen molar-refractivity contribution in [3.8, 4) is 0 Å². The molecule has 0 unspecified atom stereocenters. The molecule has 0 radical (unpaired) electrons. The molecule has 0 bridgehead atoms. The lowest BCUT2D eigenvalue weighted by Gasteiger charge is -2.25. The minimum Gasteiger partial charge on any atom is -0.315 e. The summed E-state index contributed by atoms with van der Waals surface area (Å²) >= 11 is 0. The Bertz CT molecular complexity index is 184. The molecule has 1 heteroatoms. The average Bonchev–Trinajstić information content (AvgIpc) is 2.31. The van der Waals surface area contributed by atoms with Crippen LogP contribution < -0.4 is 5.32 Å². The Labute approximate surface area is 122 Å². The van der Waals surface area contributed by atoms with Gasteiger partial charge < -0.3 is 5.32 Å². The van der Waals surface area contributed by atoms with Gasteiger partial charge in [-0.15, -0.1) is 0 Å². The Morgan fingerprint density at radius 3 is 1.84 bits per heavy atom. The first-order chi connectivity index (χ1) is 8.98. The standard InChI is InChI=1S/C18H39N/c1-6-7-8-9-10-11-12-13-14-18(4,5)15-16-19-17(2)3/h17,19H,6-16H2,1-5H3. The largest absolute Gasteiger partial charge is 0.315 e. The topological polar surface area (TPSA) is 12.0 Å². The van der Waals surface area contributed by atoms with Crippen LogP contribution in [0.4, 0.5) is 0 Å². The van der Waals surface area contributed by atoms with Crippen LogP contribution >= 0.6 is 0 Å². The van der Waals surface area contributed by atoms with E-state index in [4.69, 9.17) is 0 Å². The van der Waals surface area contributed by atoms with Crippen LogP contribution in [-0.4, -0.2) is 12.6 Å². The maximum atomic E-state index is 3.53. The highest BCUT2D eigenvalue weighted by Gasteiger charge is 2.16. The van der Waals surface area contributed by atoms with Crippen LogP contribution in [0, 0.1) is 5.41 Å². The minimum absolute atomic E-state index is 0.518. The molecule has 0 aliphatic carbocycles. The van der Waals surface area contributed by atoms with Crippen molar-refractivity contribution in [2.45, 2.75) is 105 Å². The zero-order valence-corrected chi connectivity index (χ0v) is 14.4. The highest BCUT2D eigenvalue weighted by molar-refractivity contribution is 4.70. The molecule has 19 heavy (non-hydrogen) atoms. The third-order valence-electron chi connectivity index (χ3n) is 4.06. The van der Waals surface area contributed by atoms with E-state index in [9.17, 15) is 0 Å². The molecule has 0 saturated carbocycles. The molecule has 0 aromatic heterocycles. The minimum atomic E-state index is 0.518. The van der Waals surface area contributed by atoms with Gasteiger partial charge in [0, 0.05) is 6.04 Å². The predicted octanol–water partition coefficient (Wildman–Crippen LogP) is 5.93. The summed E-state index contributed by atoms with van der Waals surface area (Å²) in [4.78, 5) is 0. The maximum Gasteiger partial charge on any atom is 0.00103 e. The van der Waals surface area contributed by atoms with Crippen molar-refractivity contribution in [2.24, 2.45) is 5.41 Å². The van der Waals surface area contributed by atoms with Crippen LogP contribution in [0.1, 0.15) is 98.8 Å². The van der Waals surface area contributed by atoms with Gasteiger partial charge in [0.2, 0.25) is 0 Å². The summed E-state index contributed by atoms with van der Waals surface area (Å²) in [6.45, 7) is 12.8. The number of nitrogens with one attached hydrogen (secondary N) is 1. The van der Waals surface area contributed by atoms with Gasteiger partial charge in [-0.3, -0.25) is 0 Å². The van der Waals surface area contributed by atoms with Crippen LogP contribution in [0.15, 0.2) is 0 Å². The number of hydrogen-bond donors (Lipinski definition) is 1. The molecular weight excluding hydrogens is 230 g/mol. The molecule has 0 spiro atoms. The molecule has 0 amide bonds. The number of rotatable bonds is 13. The van der Waals surface area contributed by atoms with Gasteiger partial charge in [-0.25, -0.2) is 0 Å². The summed E-state index contributed by atoms with van der Waals surface area (Å²) < 4.78 is 0. The lowest BCUT2D eigenvalue weighted by molar-refractivity contribution is 0.286. The molecule has 0 atom stereocenters. The number of unbranched alkanes of at least 4 members (excludes halogenated alkanes) is 7. The smallest absolute Gasteiger partial charge is 0.00103 e. The van der Waals surface area contributed by atoms with Gasteiger partial charge in [-0.1, -0.05) is 86.0 Å². The van der Waals surface area contributed by atoms with Crippen molar-refractivity contribution in [1.29, 1.82) is 0 Å². The quantitative estimate of drug-likeness (QED) is 0.408.